The van der Waals surface area contributed by atoms with Gasteiger partial charge < -0.3 is 11.1 Å². The van der Waals surface area contributed by atoms with Crippen molar-refractivity contribution in [2.24, 2.45) is 5.41 Å². The first-order valence-electron chi connectivity index (χ1n) is 6.64. The number of carbonyl (C=O) groups excluding carboxylic acids is 1. The summed E-state index contributed by atoms with van der Waals surface area (Å²) in [5, 5.41) is 3.04. The predicted molar refractivity (Wildman–Crippen MR) is 74.5 cm³/mol. The Bertz CT molecular complexity index is 428. The van der Waals surface area contributed by atoms with E-state index < -0.39 is 0 Å². The zero-order chi connectivity index (χ0) is 13.2. The second-order valence-corrected chi connectivity index (χ2v) is 5.83. The number of nitrogen functional groups attached to an aromatic ring is 1. The van der Waals surface area contributed by atoms with Crippen molar-refractivity contribution < 1.29 is 4.79 Å². The lowest BCUT2D eigenvalue weighted by atomic mass is 9.89. The minimum atomic E-state index is -0.0153. The van der Waals surface area contributed by atoms with E-state index in [9.17, 15) is 4.79 Å². The van der Waals surface area contributed by atoms with Gasteiger partial charge in [0.05, 0.1) is 0 Å². The summed E-state index contributed by atoms with van der Waals surface area (Å²) in [4.78, 5) is 12.1. The van der Waals surface area contributed by atoms with E-state index in [1.165, 1.54) is 25.7 Å². The lowest BCUT2D eigenvalue weighted by Gasteiger charge is -2.23. The number of nitrogens with one attached hydrogen (secondary N) is 1. The molecule has 1 fully saturated rings. The molecular weight excluding hydrogens is 224 g/mol. The number of amides is 1. The molecule has 0 radical (unpaired) electrons. The Labute approximate surface area is 109 Å². The molecule has 1 aliphatic rings. The van der Waals surface area contributed by atoms with Crippen LogP contribution in [-0.4, -0.2) is 12.5 Å². The maximum atomic E-state index is 12.1. The molecule has 1 saturated carbocycles. The van der Waals surface area contributed by atoms with Gasteiger partial charge in [-0.1, -0.05) is 19.8 Å². The Morgan fingerprint density at radius 1 is 1.33 bits per heavy atom. The van der Waals surface area contributed by atoms with E-state index in [4.69, 9.17) is 5.73 Å². The van der Waals surface area contributed by atoms with Crippen molar-refractivity contribution in [1.29, 1.82) is 0 Å². The van der Waals surface area contributed by atoms with Gasteiger partial charge >= 0.3 is 0 Å². The second-order valence-electron chi connectivity index (χ2n) is 5.83. The van der Waals surface area contributed by atoms with Gasteiger partial charge in [0.25, 0.3) is 5.91 Å². The van der Waals surface area contributed by atoms with Gasteiger partial charge in [0.1, 0.15) is 0 Å². The van der Waals surface area contributed by atoms with Crippen molar-refractivity contribution in [3.05, 3.63) is 29.3 Å². The monoisotopic (exact) mass is 246 g/mol. The number of anilines is 1. The summed E-state index contributed by atoms with van der Waals surface area (Å²) in [5.41, 5.74) is 8.37. The minimum Gasteiger partial charge on any atom is -0.399 e. The Kier molecular flexibility index (Phi) is 3.60. The lowest BCUT2D eigenvalue weighted by molar-refractivity contribution is 0.0934. The van der Waals surface area contributed by atoms with Crippen molar-refractivity contribution in [1.82, 2.24) is 5.32 Å². The van der Waals surface area contributed by atoms with Crippen molar-refractivity contribution in [2.75, 3.05) is 12.3 Å². The van der Waals surface area contributed by atoms with Crippen LogP contribution in [0.2, 0.25) is 0 Å². The van der Waals surface area contributed by atoms with E-state index in [0.29, 0.717) is 11.3 Å². The average Bonchev–Trinajstić information content (AvgIpc) is 2.72. The number of hydrogen-bond donors (Lipinski definition) is 2. The number of aryl methyl sites for hydroxylation is 1. The smallest absolute Gasteiger partial charge is 0.251 e. The van der Waals surface area contributed by atoms with Gasteiger partial charge in [-0.25, -0.2) is 0 Å². The molecule has 0 aliphatic heterocycles. The molecule has 0 heterocycles. The molecular formula is C15H22N2O. The van der Waals surface area contributed by atoms with Crippen molar-refractivity contribution in [2.45, 2.75) is 39.5 Å². The maximum absolute atomic E-state index is 12.1. The fourth-order valence-corrected chi connectivity index (χ4v) is 2.74. The molecule has 98 valence electrons. The molecule has 0 aromatic heterocycles. The highest BCUT2D eigenvalue weighted by Crippen LogP contribution is 2.36. The Morgan fingerprint density at radius 3 is 2.61 bits per heavy atom. The number of benzene rings is 1. The van der Waals surface area contributed by atoms with E-state index in [1.54, 1.807) is 6.07 Å². The highest BCUT2D eigenvalue weighted by atomic mass is 16.1. The van der Waals surface area contributed by atoms with Crippen LogP contribution in [0, 0.1) is 12.3 Å². The third-order valence-electron chi connectivity index (χ3n) is 3.85. The highest BCUT2D eigenvalue weighted by molar-refractivity contribution is 5.95. The lowest BCUT2D eigenvalue weighted by Crippen LogP contribution is -2.34. The molecule has 0 unspecified atom stereocenters. The normalized spacial score (nSPS) is 17.7. The van der Waals surface area contributed by atoms with Crippen LogP contribution in [0.3, 0.4) is 0 Å². The molecule has 1 aliphatic carbocycles. The van der Waals surface area contributed by atoms with Crippen molar-refractivity contribution in [3.8, 4) is 0 Å². The van der Waals surface area contributed by atoms with Crippen LogP contribution in [0.5, 0.6) is 0 Å². The molecule has 0 spiro atoms. The third-order valence-corrected chi connectivity index (χ3v) is 3.85. The van der Waals surface area contributed by atoms with Crippen LogP contribution < -0.4 is 11.1 Å². The van der Waals surface area contributed by atoms with Gasteiger partial charge in [0.15, 0.2) is 0 Å². The second kappa shape index (κ2) is 5.01. The third kappa shape index (κ3) is 3.03. The summed E-state index contributed by atoms with van der Waals surface area (Å²) in [6.07, 6.45) is 4.99. The topological polar surface area (TPSA) is 55.1 Å². The molecule has 1 aromatic carbocycles. The molecule has 3 heteroatoms. The van der Waals surface area contributed by atoms with Gasteiger partial charge in [0, 0.05) is 17.8 Å². The molecule has 0 saturated heterocycles. The van der Waals surface area contributed by atoms with Crippen molar-refractivity contribution in [3.63, 3.8) is 0 Å². The van der Waals surface area contributed by atoms with E-state index in [2.05, 4.69) is 12.2 Å². The predicted octanol–water partition coefficient (Wildman–Crippen LogP) is 2.89. The first-order chi connectivity index (χ1) is 8.48. The molecule has 3 nitrogen and oxygen atoms in total. The first-order valence-corrected chi connectivity index (χ1v) is 6.64. The number of carbonyl (C=O) groups is 1. The highest BCUT2D eigenvalue weighted by Gasteiger charge is 2.28. The van der Waals surface area contributed by atoms with E-state index in [1.807, 2.05) is 19.1 Å². The van der Waals surface area contributed by atoms with E-state index in [-0.39, 0.29) is 11.3 Å². The first kappa shape index (κ1) is 12.9. The molecule has 3 N–H and O–H groups in total. The summed E-state index contributed by atoms with van der Waals surface area (Å²) >= 11 is 0. The Balaban J connectivity index is 1.99. The zero-order valence-electron chi connectivity index (χ0n) is 11.3. The summed E-state index contributed by atoms with van der Waals surface area (Å²) in [6.45, 7) is 4.97. The quantitative estimate of drug-likeness (QED) is 0.806. The van der Waals surface area contributed by atoms with Gasteiger partial charge in [-0.2, -0.15) is 0 Å². The van der Waals surface area contributed by atoms with E-state index >= 15 is 0 Å². The van der Waals surface area contributed by atoms with E-state index in [0.717, 1.165) is 12.1 Å². The number of rotatable bonds is 3. The van der Waals surface area contributed by atoms with Gasteiger partial charge in [-0.15, -0.1) is 0 Å². The SMILES string of the molecule is Cc1cc(N)cc(C(=O)NCC2(C)CCCC2)c1. The van der Waals surface area contributed by atoms with Gasteiger partial charge in [0.2, 0.25) is 0 Å². The van der Waals surface area contributed by atoms with Gasteiger partial charge in [-0.05, 0) is 48.9 Å². The Morgan fingerprint density at radius 2 is 2.00 bits per heavy atom. The molecule has 1 amide bonds. The van der Waals surface area contributed by atoms with Gasteiger partial charge in [-0.3, -0.25) is 4.79 Å². The summed E-state index contributed by atoms with van der Waals surface area (Å²) < 4.78 is 0. The van der Waals surface area contributed by atoms with Crippen molar-refractivity contribution >= 4 is 11.6 Å². The number of nitrogens with two attached hydrogens (primary N) is 1. The zero-order valence-corrected chi connectivity index (χ0v) is 11.3. The maximum Gasteiger partial charge on any atom is 0.251 e. The minimum absolute atomic E-state index is 0.0153. The summed E-state index contributed by atoms with van der Waals surface area (Å²) in [5.74, 6) is -0.0153. The fraction of sp³-hybridized carbons (Fsp3) is 0.533. The fourth-order valence-electron chi connectivity index (χ4n) is 2.74. The molecule has 0 atom stereocenters. The molecule has 2 rings (SSSR count). The molecule has 1 aromatic rings. The number of hydrogen-bond acceptors (Lipinski definition) is 2. The van der Waals surface area contributed by atoms with Crippen LogP contribution in [0.4, 0.5) is 5.69 Å². The van der Waals surface area contributed by atoms with Crippen LogP contribution >= 0.6 is 0 Å². The van der Waals surface area contributed by atoms with Crippen LogP contribution in [0.15, 0.2) is 18.2 Å². The van der Waals surface area contributed by atoms with Crippen LogP contribution in [0.25, 0.3) is 0 Å². The standard InChI is InChI=1S/C15H22N2O/c1-11-7-12(9-13(16)8-11)14(18)17-10-15(2)5-3-4-6-15/h7-9H,3-6,10,16H2,1-2H3,(H,17,18). The van der Waals surface area contributed by atoms with Crippen LogP contribution in [-0.2, 0) is 0 Å². The largest absolute Gasteiger partial charge is 0.399 e. The summed E-state index contributed by atoms with van der Waals surface area (Å²) in [6, 6.07) is 5.48. The molecule has 18 heavy (non-hydrogen) atoms. The van der Waals surface area contributed by atoms with Crippen LogP contribution in [0.1, 0.15) is 48.5 Å². The molecule has 0 bridgehead atoms. The summed E-state index contributed by atoms with van der Waals surface area (Å²) in [7, 11) is 0. The Hall–Kier alpha value is -1.51. The average molecular weight is 246 g/mol.